The number of carbonyl (C=O) groups excluding carboxylic acids is 1. The Bertz CT molecular complexity index is 1800. The molecule has 4 aromatic rings. The second-order valence-electron chi connectivity index (χ2n) is 10.7. The van der Waals surface area contributed by atoms with Gasteiger partial charge in [0.2, 0.25) is 5.50 Å². The van der Waals surface area contributed by atoms with Crippen molar-refractivity contribution in [1.82, 2.24) is 20.3 Å². The van der Waals surface area contributed by atoms with Gasteiger partial charge in [-0.05, 0) is 36.8 Å². The maximum absolute atomic E-state index is 14.2. The smallest absolute Gasteiger partial charge is 0.251 e. The predicted molar refractivity (Wildman–Crippen MR) is 162 cm³/mol. The normalized spacial score (nSPS) is 21.4. The van der Waals surface area contributed by atoms with E-state index in [9.17, 15) is 17.8 Å². The molecule has 14 heteroatoms. The number of rotatable bonds is 5. The molecule has 44 heavy (non-hydrogen) atoms. The lowest BCUT2D eigenvalue weighted by atomic mass is 10.1. The van der Waals surface area contributed by atoms with Crippen molar-refractivity contribution in [3.63, 3.8) is 0 Å². The van der Waals surface area contributed by atoms with Gasteiger partial charge in [-0.2, -0.15) is 0 Å². The third kappa shape index (κ3) is 5.55. The molecule has 3 aliphatic heterocycles. The van der Waals surface area contributed by atoms with Gasteiger partial charge >= 0.3 is 0 Å². The van der Waals surface area contributed by atoms with Crippen molar-refractivity contribution in [2.75, 3.05) is 42.6 Å². The SMILES string of the molecule is O=C(NCc1cc2nc(N3CCOc4cc(N5CCC(F)C5)cnc43)ccc2cn1)c1cc(Cl)c2c(c1)S(=O)C(F)COC2. The summed E-state index contributed by atoms with van der Waals surface area (Å²) in [6.45, 7) is 1.79. The van der Waals surface area contributed by atoms with Gasteiger partial charge < -0.3 is 24.6 Å². The first-order valence-electron chi connectivity index (χ1n) is 14.1. The summed E-state index contributed by atoms with van der Waals surface area (Å²) in [6, 6.07) is 10.4. The van der Waals surface area contributed by atoms with Gasteiger partial charge in [0.25, 0.3) is 5.91 Å². The fourth-order valence-electron chi connectivity index (χ4n) is 5.52. The number of nitrogens with one attached hydrogen (secondary N) is 1. The lowest BCUT2D eigenvalue weighted by Crippen LogP contribution is -2.30. The fraction of sp³-hybridized carbons (Fsp3) is 0.333. The maximum Gasteiger partial charge on any atom is 0.251 e. The van der Waals surface area contributed by atoms with Crippen LogP contribution in [-0.4, -0.2) is 69.6 Å². The Morgan fingerprint density at radius 1 is 1.14 bits per heavy atom. The summed E-state index contributed by atoms with van der Waals surface area (Å²) < 4.78 is 51.6. The van der Waals surface area contributed by atoms with E-state index in [0.717, 1.165) is 11.1 Å². The van der Waals surface area contributed by atoms with Crippen molar-refractivity contribution in [2.45, 2.75) is 36.1 Å². The van der Waals surface area contributed by atoms with Gasteiger partial charge in [0.15, 0.2) is 11.6 Å². The Morgan fingerprint density at radius 2 is 2.02 bits per heavy atom. The van der Waals surface area contributed by atoms with Crippen molar-refractivity contribution >= 4 is 56.5 Å². The number of amides is 1. The van der Waals surface area contributed by atoms with Crippen LogP contribution in [0.4, 0.5) is 26.1 Å². The second-order valence-corrected chi connectivity index (χ2v) is 12.7. The Kier molecular flexibility index (Phi) is 7.77. The highest BCUT2D eigenvalue weighted by atomic mass is 35.5. The molecule has 1 aromatic carbocycles. The predicted octanol–water partition coefficient (Wildman–Crippen LogP) is 4.62. The van der Waals surface area contributed by atoms with Gasteiger partial charge in [-0.3, -0.25) is 14.0 Å². The van der Waals surface area contributed by atoms with E-state index in [4.69, 9.17) is 26.1 Å². The summed E-state index contributed by atoms with van der Waals surface area (Å²) in [5.74, 6) is 1.46. The molecule has 0 bridgehead atoms. The number of aromatic nitrogens is 3. The molecule has 7 rings (SSSR count). The number of carbonyl (C=O) groups is 1. The van der Waals surface area contributed by atoms with Crippen LogP contribution in [0.15, 0.2) is 53.7 Å². The summed E-state index contributed by atoms with van der Waals surface area (Å²) >= 11 is 6.34. The maximum atomic E-state index is 14.2. The van der Waals surface area contributed by atoms with Crippen LogP contribution in [0.1, 0.15) is 28.0 Å². The molecule has 10 nitrogen and oxygen atoms in total. The van der Waals surface area contributed by atoms with Gasteiger partial charge in [0.05, 0.1) is 60.2 Å². The van der Waals surface area contributed by atoms with E-state index in [1.807, 2.05) is 28.0 Å². The molecule has 0 aliphatic carbocycles. The standard InChI is InChI=1S/C30H27ClF2N6O4S/c31-23-7-18(8-26-22(23)15-42-16-27(33)44(26)41)30(40)36-12-20-9-24-17(11-34-20)1-2-28(37-24)39-5-6-43-25-10-21(13-35-29(25)39)38-4-3-19(32)14-38/h1-2,7-11,13,19,27H,3-6,12,14-16H2,(H,36,40). The quantitative estimate of drug-likeness (QED) is 0.334. The van der Waals surface area contributed by atoms with Crippen molar-refractivity contribution in [3.05, 3.63) is 70.6 Å². The van der Waals surface area contributed by atoms with Gasteiger partial charge in [0.1, 0.15) is 18.6 Å². The number of alkyl halides is 2. The van der Waals surface area contributed by atoms with Gasteiger partial charge in [-0.25, -0.2) is 18.7 Å². The monoisotopic (exact) mass is 640 g/mol. The average Bonchev–Trinajstić information content (AvgIpc) is 3.42. The van der Waals surface area contributed by atoms with Gasteiger partial charge in [-0.15, -0.1) is 0 Å². The molecule has 3 aliphatic rings. The molecule has 3 aromatic heterocycles. The zero-order valence-electron chi connectivity index (χ0n) is 23.3. The number of nitrogens with zero attached hydrogens (tertiary/aromatic N) is 5. The number of benzene rings is 1. The third-order valence-electron chi connectivity index (χ3n) is 7.83. The lowest BCUT2D eigenvalue weighted by Gasteiger charge is -2.30. The van der Waals surface area contributed by atoms with E-state index in [0.29, 0.717) is 66.8 Å². The number of pyridine rings is 3. The molecule has 1 amide bonds. The first-order valence-corrected chi connectivity index (χ1v) is 15.7. The van der Waals surface area contributed by atoms with Crippen LogP contribution >= 0.6 is 11.6 Å². The average molecular weight is 641 g/mol. The van der Waals surface area contributed by atoms with Crippen LogP contribution in [-0.2, 0) is 28.7 Å². The van der Waals surface area contributed by atoms with E-state index < -0.39 is 28.4 Å². The number of hydrogen-bond donors (Lipinski definition) is 1. The number of halogens is 3. The Morgan fingerprint density at radius 3 is 2.86 bits per heavy atom. The van der Waals surface area contributed by atoms with Gasteiger partial charge in [0, 0.05) is 51.8 Å². The van der Waals surface area contributed by atoms with E-state index >= 15 is 0 Å². The minimum Gasteiger partial charge on any atom is -0.488 e. The number of fused-ring (bicyclic) bond motifs is 3. The molecule has 228 valence electrons. The zero-order chi connectivity index (χ0) is 30.4. The molecule has 0 spiro atoms. The lowest BCUT2D eigenvalue weighted by molar-refractivity contribution is 0.0948. The van der Waals surface area contributed by atoms with Crippen molar-refractivity contribution in [1.29, 1.82) is 0 Å². The Hall–Kier alpha value is -3.94. The second kappa shape index (κ2) is 11.9. The molecule has 1 saturated heterocycles. The minimum atomic E-state index is -2.00. The largest absolute Gasteiger partial charge is 0.488 e. The number of hydrogen-bond acceptors (Lipinski definition) is 9. The molecule has 3 atom stereocenters. The molecule has 3 unspecified atom stereocenters. The van der Waals surface area contributed by atoms with Gasteiger partial charge in [-0.1, -0.05) is 11.6 Å². The van der Waals surface area contributed by atoms with Crippen LogP contribution < -0.4 is 19.9 Å². The van der Waals surface area contributed by atoms with Crippen LogP contribution in [0.5, 0.6) is 5.75 Å². The number of ether oxygens (including phenoxy) is 2. The zero-order valence-corrected chi connectivity index (χ0v) is 24.9. The molecule has 1 fully saturated rings. The summed E-state index contributed by atoms with van der Waals surface area (Å²) in [6.07, 6.45) is 3.09. The van der Waals surface area contributed by atoms with E-state index in [-0.39, 0.29) is 35.2 Å². The molecular weight excluding hydrogens is 614 g/mol. The highest BCUT2D eigenvalue weighted by molar-refractivity contribution is 7.85. The summed E-state index contributed by atoms with van der Waals surface area (Å²) in [4.78, 5) is 31.1. The fourth-order valence-corrected chi connectivity index (χ4v) is 7.00. The third-order valence-corrected chi connectivity index (χ3v) is 9.56. The van der Waals surface area contributed by atoms with Crippen LogP contribution in [0.3, 0.4) is 0 Å². The van der Waals surface area contributed by atoms with Crippen LogP contribution in [0, 0.1) is 0 Å². The highest BCUT2D eigenvalue weighted by Crippen LogP contribution is 2.37. The summed E-state index contributed by atoms with van der Waals surface area (Å²) in [5.41, 5.74) is 0.948. The summed E-state index contributed by atoms with van der Waals surface area (Å²) in [5, 5.41) is 3.81. The highest BCUT2D eigenvalue weighted by Gasteiger charge is 2.28. The molecule has 0 saturated carbocycles. The Labute approximate surface area is 258 Å². The molecule has 0 radical (unpaired) electrons. The van der Waals surface area contributed by atoms with Crippen molar-refractivity contribution in [3.8, 4) is 5.75 Å². The topological polar surface area (TPSA) is 110 Å². The van der Waals surface area contributed by atoms with Crippen molar-refractivity contribution < 1.29 is 27.3 Å². The first kappa shape index (κ1) is 28.8. The van der Waals surface area contributed by atoms with E-state index in [1.165, 1.54) is 12.1 Å². The molecule has 1 N–H and O–H groups in total. The van der Waals surface area contributed by atoms with Crippen LogP contribution in [0.25, 0.3) is 10.9 Å². The Balaban J connectivity index is 1.09. The first-order chi connectivity index (χ1) is 21.3. The minimum absolute atomic E-state index is 0.0187. The van der Waals surface area contributed by atoms with E-state index in [2.05, 4.69) is 15.3 Å². The number of anilines is 3. The molecule has 6 heterocycles. The van der Waals surface area contributed by atoms with Crippen LogP contribution in [0.2, 0.25) is 5.02 Å². The van der Waals surface area contributed by atoms with Crippen molar-refractivity contribution in [2.24, 2.45) is 0 Å². The molecular formula is C30H27ClF2N6O4S. The summed E-state index contributed by atoms with van der Waals surface area (Å²) in [7, 11) is -2.00. The van der Waals surface area contributed by atoms with E-state index in [1.54, 1.807) is 18.5 Å².